The van der Waals surface area contributed by atoms with Gasteiger partial charge in [-0.15, -0.1) is 0 Å². The first-order valence-corrected chi connectivity index (χ1v) is 3.82. The lowest BCUT2D eigenvalue weighted by atomic mass is 10.2. The van der Waals surface area contributed by atoms with Crippen molar-refractivity contribution in [2.24, 2.45) is 0 Å². The second-order valence-electron chi connectivity index (χ2n) is 2.11. The van der Waals surface area contributed by atoms with Gasteiger partial charge in [-0.25, -0.2) is 0 Å². The molecule has 1 heteroatoms. The van der Waals surface area contributed by atoms with Crippen LogP contribution in [0.5, 0.6) is 0 Å². The normalized spacial score (nSPS) is 12.1. The first kappa shape index (κ1) is 9.03. The summed E-state index contributed by atoms with van der Waals surface area (Å²) in [6.45, 7) is 5.75. The van der Waals surface area contributed by atoms with Crippen LogP contribution in [0.3, 0.4) is 0 Å². The van der Waals surface area contributed by atoms with Gasteiger partial charge < -0.3 is 0 Å². The molecule has 1 radical (unpaired) electrons. The Hall–Kier alpha value is 0.0300. The molecule has 0 saturated carbocycles. The van der Waals surface area contributed by atoms with Gasteiger partial charge >= 0.3 is 0 Å². The first-order chi connectivity index (χ1) is 4.31. The van der Waals surface area contributed by atoms with Crippen LogP contribution in [-0.2, 0) is 0 Å². The molecule has 0 aromatic heterocycles. The van der Waals surface area contributed by atoms with Crippen LogP contribution in [0.4, 0.5) is 0 Å². The minimum atomic E-state index is 0.892. The largest absolute Gasteiger partial charge is 0.0895 e. The van der Waals surface area contributed by atoms with Crippen molar-refractivity contribution >= 4 is 11.6 Å². The van der Waals surface area contributed by atoms with Crippen molar-refractivity contribution in [3.63, 3.8) is 0 Å². The van der Waals surface area contributed by atoms with Crippen LogP contribution < -0.4 is 0 Å². The topological polar surface area (TPSA) is 0 Å². The Morgan fingerprint density at radius 2 is 2.22 bits per heavy atom. The molecule has 0 aromatic rings. The zero-order chi connectivity index (χ0) is 7.11. The lowest BCUT2D eigenvalue weighted by Gasteiger charge is -1.94. The lowest BCUT2D eigenvalue weighted by molar-refractivity contribution is 0.725. The third-order valence-corrected chi connectivity index (χ3v) is 1.58. The Balaban J connectivity index is 3.07. The average molecular weight is 146 g/mol. The molecule has 0 aromatic carbocycles. The molecule has 0 unspecified atom stereocenters. The predicted octanol–water partition coefficient (Wildman–Crippen LogP) is 3.52. The Labute approximate surface area is 62.9 Å². The number of rotatable bonds is 4. The monoisotopic (exact) mass is 145 g/mol. The number of hydrogen-bond donors (Lipinski definition) is 0. The van der Waals surface area contributed by atoms with Gasteiger partial charge in [0.25, 0.3) is 0 Å². The van der Waals surface area contributed by atoms with E-state index in [0.717, 1.165) is 11.5 Å². The molecule has 0 aliphatic heterocycles. The third kappa shape index (κ3) is 5.91. The zero-order valence-corrected chi connectivity index (χ0v) is 6.75. The van der Waals surface area contributed by atoms with E-state index in [1.54, 1.807) is 6.08 Å². The minimum absolute atomic E-state index is 0.892. The fourth-order valence-electron chi connectivity index (χ4n) is 0.646. The molecule has 0 aliphatic carbocycles. The smallest absolute Gasteiger partial charge is 0.0141 e. The summed E-state index contributed by atoms with van der Waals surface area (Å²) >= 11 is 5.70. The van der Waals surface area contributed by atoms with Gasteiger partial charge in [-0.1, -0.05) is 37.4 Å². The van der Waals surface area contributed by atoms with Crippen molar-refractivity contribution in [1.82, 2.24) is 0 Å². The van der Waals surface area contributed by atoms with Crippen molar-refractivity contribution in [2.75, 3.05) is 0 Å². The minimum Gasteiger partial charge on any atom is -0.0895 e. The van der Waals surface area contributed by atoms with Crippen molar-refractivity contribution in [3.05, 3.63) is 18.0 Å². The summed E-state index contributed by atoms with van der Waals surface area (Å²) in [5.41, 5.74) is 0. The van der Waals surface area contributed by atoms with E-state index in [4.69, 9.17) is 11.6 Å². The molecule has 0 N–H and O–H groups in total. The predicted molar refractivity (Wildman–Crippen MR) is 43.4 cm³/mol. The number of allylic oxidation sites excluding steroid dienone is 2. The van der Waals surface area contributed by atoms with E-state index in [1.165, 1.54) is 19.3 Å². The number of halogens is 1. The molecule has 0 saturated heterocycles. The molecular formula is C8H14Cl. The zero-order valence-electron chi connectivity index (χ0n) is 5.99. The van der Waals surface area contributed by atoms with Crippen LogP contribution in [0.15, 0.2) is 11.1 Å². The van der Waals surface area contributed by atoms with Crippen molar-refractivity contribution in [2.45, 2.75) is 32.6 Å². The van der Waals surface area contributed by atoms with Crippen LogP contribution in [0.25, 0.3) is 0 Å². The van der Waals surface area contributed by atoms with Crippen LogP contribution >= 0.6 is 11.6 Å². The van der Waals surface area contributed by atoms with E-state index in [-0.39, 0.29) is 0 Å². The molecule has 0 spiro atoms. The van der Waals surface area contributed by atoms with Gasteiger partial charge in [0.2, 0.25) is 0 Å². The van der Waals surface area contributed by atoms with Crippen molar-refractivity contribution in [3.8, 4) is 0 Å². The maximum Gasteiger partial charge on any atom is 0.0141 e. The standard InChI is InChI=1S/C8H14Cl/c1-3-5-6-7-8(9)4-2/h4H,2-3,5-7H2,1H3. The molecule has 0 nitrogen and oxygen atoms in total. The van der Waals surface area contributed by atoms with E-state index >= 15 is 0 Å². The van der Waals surface area contributed by atoms with Gasteiger partial charge in [0.1, 0.15) is 0 Å². The average Bonchev–Trinajstić information content (AvgIpc) is 1.89. The van der Waals surface area contributed by atoms with Gasteiger partial charge in [0.05, 0.1) is 0 Å². The van der Waals surface area contributed by atoms with Crippen LogP contribution in [0, 0.1) is 6.92 Å². The van der Waals surface area contributed by atoms with Gasteiger partial charge in [-0.3, -0.25) is 0 Å². The Morgan fingerprint density at radius 3 is 2.67 bits per heavy atom. The van der Waals surface area contributed by atoms with E-state index in [2.05, 4.69) is 13.8 Å². The molecule has 0 rings (SSSR count). The Bertz CT molecular complexity index is 84.6. The van der Waals surface area contributed by atoms with E-state index in [9.17, 15) is 0 Å². The number of hydrogen-bond acceptors (Lipinski definition) is 0. The summed E-state index contributed by atoms with van der Waals surface area (Å²) in [7, 11) is 0. The molecule has 0 atom stereocenters. The molecule has 0 fully saturated rings. The highest BCUT2D eigenvalue weighted by atomic mass is 35.5. The third-order valence-electron chi connectivity index (χ3n) is 1.24. The maximum absolute atomic E-state index is 5.70. The quantitative estimate of drug-likeness (QED) is 0.531. The van der Waals surface area contributed by atoms with E-state index in [1.807, 2.05) is 0 Å². The molecule has 9 heavy (non-hydrogen) atoms. The fraction of sp³-hybridized carbons (Fsp3) is 0.625. The molecule has 0 heterocycles. The van der Waals surface area contributed by atoms with Crippen LogP contribution in [0.2, 0.25) is 0 Å². The fourth-order valence-corrected chi connectivity index (χ4v) is 0.780. The summed E-state index contributed by atoms with van der Waals surface area (Å²) in [5, 5.41) is 0.892. The molecule has 0 aliphatic rings. The van der Waals surface area contributed by atoms with E-state index < -0.39 is 0 Å². The summed E-state index contributed by atoms with van der Waals surface area (Å²) in [5.74, 6) is 0. The number of unbranched alkanes of at least 4 members (excludes halogenated alkanes) is 2. The highest BCUT2D eigenvalue weighted by Gasteiger charge is 1.88. The SMILES string of the molecule is [CH2]C=C(Cl)CCCCC. The second-order valence-corrected chi connectivity index (χ2v) is 2.59. The lowest BCUT2D eigenvalue weighted by Crippen LogP contribution is -1.74. The van der Waals surface area contributed by atoms with Gasteiger partial charge in [-0.2, -0.15) is 0 Å². The molecule has 0 bridgehead atoms. The van der Waals surface area contributed by atoms with Gasteiger partial charge in [-0.05, 0) is 19.8 Å². The summed E-state index contributed by atoms with van der Waals surface area (Å²) in [4.78, 5) is 0. The van der Waals surface area contributed by atoms with E-state index in [0.29, 0.717) is 0 Å². The molecule has 0 amide bonds. The summed E-state index contributed by atoms with van der Waals surface area (Å²) in [6, 6.07) is 0. The van der Waals surface area contributed by atoms with Gasteiger partial charge in [0.15, 0.2) is 0 Å². The van der Waals surface area contributed by atoms with Crippen LogP contribution in [-0.4, -0.2) is 0 Å². The van der Waals surface area contributed by atoms with Crippen molar-refractivity contribution in [1.29, 1.82) is 0 Å². The maximum atomic E-state index is 5.70. The molecular weight excluding hydrogens is 132 g/mol. The first-order valence-electron chi connectivity index (χ1n) is 3.45. The van der Waals surface area contributed by atoms with Crippen molar-refractivity contribution < 1.29 is 0 Å². The van der Waals surface area contributed by atoms with Gasteiger partial charge in [0, 0.05) is 5.03 Å². The summed E-state index contributed by atoms with van der Waals surface area (Å²) in [6.07, 6.45) is 6.43. The second kappa shape index (κ2) is 6.15. The highest BCUT2D eigenvalue weighted by molar-refractivity contribution is 6.29. The Kier molecular flexibility index (Phi) is 6.18. The summed E-state index contributed by atoms with van der Waals surface area (Å²) < 4.78 is 0. The Morgan fingerprint density at radius 1 is 1.56 bits per heavy atom. The van der Waals surface area contributed by atoms with Crippen LogP contribution in [0.1, 0.15) is 32.6 Å². The highest BCUT2D eigenvalue weighted by Crippen LogP contribution is 2.11. The molecule has 53 valence electrons.